The van der Waals surface area contributed by atoms with E-state index in [9.17, 15) is 0 Å². The Morgan fingerprint density at radius 3 is 2.88 bits per heavy atom. The predicted octanol–water partition coefficient (Wildman–Crippen LogP) is 2.65. The summed E-state index contributed by atoms with van der Waals surface area (Å²) >= 11 is 1.83. The number of nitrogens with one attached hydrogen (secondary N) is 1. The van der Waals surface area contributed by atoms with E-state index in [2.05, 4.69) is 36.4 Å². The Bertz CT molecular complexity index is 456. The molecule has 86 valence electrons. The molecule has 0 spiro atoms. The normalized spacial score (nSPS) is 11.2. The maximum absolute atomic E-state index is 4.18. The summed E-state index contributed by atoms with van der Waals surface area (Å²) in [6, 6.07) is 4.88. The monoisotopic (exact) mass is 235 g/mol. The molecule has 0 atom stereocenters. The Morgan fingerprint density at radius 2 is 2.25 bits per heavy atom. The highest BCUT2D eigenvalue weighted by Crippen LogP contribution is 2.27. The van der Waals surface area contributed by atoms with Gasteiger partial charge in [0.05, 0.1) is 6.20 Å². The first kappa shape index (κ1) is 11.4. The van der Waals surface area contributed by atoms with Crippen LogP contribution in [-0.2, 0) is 13.6 Å². The SMILES string of the molecule is CC(C)NCc1ccc(-c2cnn(C)c2)s1. The van der Waals surface area contributed by atoms with Crippen molar-refractivity contribution in [1.82, 2.24) is 15.1 Å². The van der Waals surface area contributed by atoms with E-state index in [0.29, 0.717) is 6.04 Å². The van der Waals surface area contributed by atoms with Gasteiger partial charge in [0.2, 0.25) is 0 Å². The highest BCUT2D eigenvalue weighted by Gasteiger charge is 2.04. The van der Waals surface area contributed by atoms with Crippen molar-refractivity contribution in [3.63, 3.8) is 0 Å². The molecular formula is C12H17N3S. The van der Waals surface area contributed by atoms with Crippen LogP contribution in [0.1, 0.15) is 18.7 Å². The lowest BCUT2D eigenvalue weighted by Gasteiger charge is -2.05. The standard InChI is InChI=1S/C12H17N3S/c1-9(2)13-7-11-4-5-12(16-11)10-6-14-15(3)8-10/h4-6,8-9,13H,7H2,1-3H3. The minimum absolute atomic E-state index is 0.531. The molecule has 2 aromatic rings. The fourth-order valence-corrected chi connectivity index (χ4v) is 2.41. The van der Waals surface area contributed by atoms with Crippen molar-refractivity contribution in [1.29, 1.82) is 0 Å². The fourth-order valence-electron chi connectivity index (χ4n) is 1.48. The van der Waals surface area contributed by atoms with Crippen LogP contribution in [0, 0.1) is 0 Å². The van der Waals surface area contributed by atoms with Crippen molar-refractivity contribution in [2.45, 2.75) is 26.4 Å². The van der Waals surface area contributed by atoms with E-state index < -0.39 is 0 Å². The van der Waals surface area contributed by atoms with E-state index in [1.807, 2.05) is 35.5 Å². The third-order valence-corrected chi connectivity index (χ3v) is 3.47. The maximum Gasteiger partial charge on any atom is 0.0576 e. The second-order valence-corrected chi connectivity index (χ2v) is 5.37. The molecule has 0 radical (unpaired) electrons. The van der Waals surface area contributed by atoms with Crippen LogP contribution in [0.15, 0.2) is 24.5 Å². The first-order chi connectivity index (χ1) is 7.65. The summed E-state index contributed by atoms with van der Waals surface area (Å²) in [5.41, 5.74) is 1.20. The summed E-state index contributed by atoms with van der Waals surface area (Å²) in [4.78, 5) is 2.65. The average Bonchev–Trinajstić information content (AvgIpc) is 2.83. The average molecular weight is 235 g/mol. The molecule has 4 heteroatoms. The number of hydrogen-bond donors (Lipinski definition) is 1. The summed E-state index contributed by atoms with van der Waals surface area (Å²) in [5, 5.41) is 7.61. The second-order valence-electron chi connectivity index (χ2n) is 4.20. The van der Waals surface area contributed by atoms with Gasteiger partial charge in [-0.2, -0.15) is 5.10 Å². The minimum Gasteiger partial charge on any atom is -0.310 e. The lowest BCUT2D eigenvalue weighted by atomic mass is 10.3. The summed E-state index contributed by atoms with van der Waals surface area (Å²) in [5.74, 6) is 0. The van der Waals surface area contributed by atoms with Crippen LogP contribution in [0.2, 0.25) is 0 Å². The Morgan fingerprint density at radius 1 is 1.44 bits per heavy atom. The third-order valence-electron chi connectivity index (χ3n) is 2.34. The molecule has 0 saturated heterocycles. The second kappa shape index (κ2) is 4.80. The summed E-state index contributed by atoms with van der Waals surface area (Å²) in [7, 11) is 1.94. The molecule has 0 aliphatic carbocycles. The number of nitrogens with zero attached hydrogens (tertiary/aromatic N) is 2. The van der Waals surface area contributed by atoms with Gasteiger partial charge >= 0.3 is 0 Å². The van der Waals surface area contributed by atoms with E-state index in [-0.39, 0.29) is 0 Å². The first-order valence-corrected chi connectivity index (χ1v) is 6.28. The fraction of sp³-hybridized carbons (Fsp3) is 0.417. The van der Waals surface area contributed by atoms with Crippen molar-refractivity contribution in [2.24, 2.45) is 7.05 Å². The largest absolute Gasteiger partial charge is 0.310 e. The number of aryl methyl sites for hydroxylation is 1. The zero-order valence-electron chi connectivity index (χ0n) is 9.90. The van der Waals surface area contributed by atoms with Crippen LogP contribution in [0.5, 0.6) is 0 Å². The van der Waals surface area contributed by atoms with E-state index >= 15 is 0 Å². The highest BCUT2D eigenvalue weighted by molar-refractivity contribution is 7.15. The van der Waals surface area contributed by atoms with Gasteiger partial charge in [-0.15, -0.1) is 11.3 Å². The molecule has 1 N–H and O–H groups in total. The smallest absolute Gasteiger partial charge is 0.0576 e. The zero-order chi connectivity index (χ0) is 11.5. The molecule has 0 saturated carbocycles. The molecule has 3 nitrogen and oxygen atoms in total. The summed E-state index contributed by atoms with van der Waals surface area (Å²) in [6.45, 7) is 5.27. The van der Waals surface area contributed by atoms with Crippen molar-refractivity contribution < 1.29 is 0 Å². The number of rotatable bonds is 4. The van der Waals surface area contributed by atoms with Crippen LogP contribution in [0.3, 0.4) is 0 Å². The van der Waals surface area contributed by atoms with Crippen molar-refractivity contribution in [3.05, 3.63) is 29.4 Å². The van der Waals surface area contributed by atoms with Crippen molar-refractivity contribution in [2.75, 3.05) is 0 Å². The third kappa shape index (κ3) is 2.71. The van der Waals surface area contributed by atoms with Gasteiger partial charge in [-0.3, -0.25) is 4.68 Å². The van der Waals surface area contributed by atoms with E-state index in [1.165, 1.54) is 15.3 Å². The summed E-state index contributed by atoms with van der Waals surface area (Å²) < 4.78 is 1.83. The lowest BCUT2D eigenvalue weighted by molar-refractivity contribution is 0.593. The van der Waals surface area contributed by atoms with E-state index in [1.54, 1.807) is 0 Å². The van der Waals surface area contributed by atoms with Crippen molar-refractivity contribution >= 4 is 11.3 Å². The van der Waals surface area contributed by atoms with Gasteiger partial charge in [0.1, 0.15) is 0 Å². The van der Waals surface area contributed by atoms with Gasteiger partial charge < -0.3 is 5.32 Å². The molecule has 2 rings (SSSR count). The maximum atomic E-state index is 4.18. The van der Waals surface area contributed by atoms with Crippen LogP contribution in [-0.4, -0.2) is 15.8 Å². The highest BCUT2D eigenvalue weighted by atomic mass is 32.1. The molecule has 16 heavy (non-hydrogen) atoms. The van der Waals surface area contributed by atoms with Crippen LogP contribution in [0.4, 0.5) is 0 Å². The molecule has 0 aromatic carbocycles. The van der Waals surface area contributed by atoms with Crippen molar-refractivity contribution in [3.8, 4) is 10.4 Å². The Hall–Kier alpha value is -1.13. The Kier molecular flexibility index (Phi) is 3.41. The summed E-state index contributed by atoms with van der Waals surface area (Å²) in [6.07, 6.45) is 3.96. The molecule has 0 amide bonds. The van der Waals surface area contributed by atoms with Crippen LogP contribution in [0.25, 0.3) is 10.4 Å². The lowest BCUT2D eigenvalue weighted by Crippen LogP contribution is -2.21. The van der Waals surface area contributed by atoms with Gasteiger partial charge in [0, 0.05) is 41.1 Å². The van der Waals surface area contributed by atoms with E-state index in [4.69, 9.17) is 0 Å². The van der Waals surface area contributed by atoms with Gasteiger partial charge in [-0.25, -0.2) is 0 Å². The predicted molar refractivity (Wildman–Crippen MR) is 68.5 cm³/mol. The zero-order valence-corrected chi connectivity index (χ0v) is 10.7. The topological polar surface area (TPSA) is 29.9 Å². The number of thiophene rings is 1. The number of aromatic nitrogens is 2. The van der Waals surface area contributed by atoms with Gasteiger partial charge in [-0.1, -0.05) is 13.8 Å². The molecule has 0 bridgehead atoms. The molecule has 0 aliphatic rings. The van der Waals surface area contributed by atoms with E-state index in [0.717, 1.165) is 6.54 Å². The first-order valence-electron chi connectivity index (χ1n) is 5.46. The molecule has 2 heterocycles. The molecule has 2 aromatic heterocycles. The van der Waals surface area contributed by atoms with Gasteiger partial charge in [-0.05, 0) is 12.1 Å². The molecule has 0 fully saturated rings. The Balaban J connectivity index is 2.07. The number of hydrogen-bond acceptors (Lipinski definition) is 3. The molecular weight excluding hydrogens is 218 g/mol. The molecule has 0 unspecified atom stereocenters. The van der Waals surface area contributed by atoms with Crippen LogP contribution < -0.4 is 5.32 Å². The van der Waals surface area contributed by atoms with Gasteiger partial charge in [0.15, 0.2) is 0 Å². The van der Waals surface area contributed by atoms with Gasteiger partial charge in [0.25, 0.3) is 0 Å². The van der Waals surface area contributed by atoms with Crippen LogP contribution >= 0.6 is 11.3 Å². The minimum atomic E-state index is 0.531. The Labute approximate surface area is 100 Å². The molecule has 0 aliphatic heterocycles. The quantitative estimate of drug-likeness (QED) is 0.883.